The second kappa shape index (κ2) is 6.02. The Bertz CT molecular complexity index is 1040. The lowest BCUT2D eigenvalue weighted by molar-refractivity contribution is 0.779. The average molecular weight is 329 g/mol. The van der Waals surface area contributed by atoms with Crippen molar-refractivity contribution in [1.82, 2.24) is 25.0 Å². The van der Waals surface area contributed by atoms with Gasteiger partial charge in [-0.3, -0.25) is 9.78 Å². The van der Waals surface area contributed by atoms with Crippen LogP contribution in [0, 0.1) is 13.8 Å². The molecule has 0 aliphatic carbocycles. The highest BCUT2D eigenvalue weighted by atomic mass is 15.3. The molecule has 1 N–H and O–H groups in total. The quantitative estimate of drug-likeness (QED) is 0.614. The summed E-state index contributed by atoms with van der Waals surface area (Å²) in [5.74, 6) is 1.52. The Morgan fingerprint density at radius 2 is 1.64 bits per heavy atom. The molecule has 2 heterocycles. The number of benzene rings is 2. The molecule has 2 aromatic carbocycles. The van der Waals surface area contributed by atoms with Gasteiger partial charge in [0.05, 0.1) is 11.4 Å². The van der Waals surface area contributed by atoms with Gasteiger partial charge in [-0.25, -0.2) is 4.98 Å². The number of aromatic nitrogens is 5. The number of hydrogen-bond donors (Lipinski definition) is 1. The van der Waals surface area contributed by atoms with Gasteiger partial charge in [-0.05, 0) is 32.0 Å². The van der Waals surface area contributed by atoms with Gasteiger partial charge >= 0.3 is 0 Å². The lowest BCUT2D eigenvalue weighted by Crippen LogP contribution is -1.94. The van der Waals surface area contributed by atoms with E-state index in [9.17, 15) is 0 Å². The van der Waals surface area contributed by atoms with Crippen molar-refractivity contribution in [3.8, 4) is 33.9 Å². The molecular formula is C20H19N5. The summed E-state index contributed by atoms with van der Waals surface area (Å²) in [7, 11) is 1.97. The second-order valence-corrected chi connectivity index (χ2v) is 6.22. The normalized spacial score (nSPS) is 11.0. The van der Waals surface area contributed by atoms with Crippen molar-refractivity contribution in [2.24, 2.45) is 7.05 Å². The highest BCUT2D eigenvalue weighted by Gasteiger charge is 2.11. The van der Waals surface area contributed by atoms with Crippen LogP contribution < -0.4 is 0 Å². The summed E-state index contributed by atoms with van der Waals surface area (Å²) in [5, 5.41) is 11.8. The van der Waals surface area contributed by atoms with Gasteiger partial charge < -0.3 is 0 Å². The van der Waals surface area contributed by atoms with E-state index in [4.69, 9.17) is 0 Å². The highest BCUT2D eigenvalue weighted by Crippen LogP contribution is 2.28. The number of hydrogen-bond acceptors (Lipinski definition) is 3. The first-order valence-electron chi connectivity index (χ1n) is 8.21. The smallest absolute Gasteiger partial charge is 0.155 e. The summed E-state index contributed by atoms with van der Waals surface area (Å²) in [6.07, 6.45) is 0. The fourth-order valence-corrected chi connectivity index (χ4v) is 2.98. The molecule has 0 aliphatic heterocycles. The van der Waals surface area contributed by atoms with Crippen molar-refractivity contribution >= 4 is 0 Å². The summed E-state index contributed by atoms with van der Waals surface area (Å²) in [6.45, 7) is 3.97. The minimum Gasteiger partial charge on any atom is -0.267 e. The molecule has 2 aromatic heterocycles. The van der Waals surface area contributed by atoms with E-state index in [1.54, 1.807) is 0 Å². The molecule has 0 amide bonds. The molecule has 0 unspecified atom stereocenters. The third-order valence-corrected chi connectivity index (χ3v) is 4.22. The molecule has 5 heteroatoms. The molecule has 0 bridgehead atoms. The van der Waals surface area contributed by atoms with Crippen LogP contribution in [0.15, 0.2) is 54.6 Å². The fraction of sp³-hybridized carbons (Fsp3) is 0.150. The highest BCUT2D eigenvalue weighted by molar-refractivity contribution is 5.72. The SMILES string of the molecule is Cc1cccc(-c2cc(-c3cccc(-c4nc(C)n[nH]4)c3)n(C)n2)c1. The van der Waals surface area contributed by atoms with Crippen molar-refractivity contribution < 1.29 is 0 Å². The summed E-state index contributed by atoms with van der Waals surface area (Å²) in [6, 6.07) is 18.8. The van der Waals surface area contributed by atoms with Crippen LogP contribution in [0.4, 0.5) is 0 Å². The number of H-pyrrole nitrogens is 1. The topological polar surface area (TPSA) is 59.4 Å². The molecule has 0 radical (unpaired) electrons. The van der Waals surface area contributed by atoms with Gasteiger partial charge in [-0.1, -0.05) is 42.0 Å². The third kappa shape index (κ3) is 2.96. The number of nitrogens with zero attached hydrogens (tertiary/aromatic N) is 4. The summed E-state index contributed by atoms with van der Waals surface area (Å²) >= 11 is 0. The van der Waals surface area contributed by atoms with Gasteiger partial charge in [-0.15, -0.1) is 0 Å². The minimum absolute atomic E-state index is 0.739. The maximum Gasteiger partial charge on any atom is 0.155 e. The molecule has 124 valence electrons. The molecule has 0 saturated carbocycles. The lowest BCUT2D eigenvalue weighted by Gasteiger charge is -2.03. The number of aromatic amines is 1. The summed E-state index contributed by atoms with van der Waals surface area (Å²) < 4.78 is 1.92. The predicted molar refractivity (Wildman–Crippen MR) is 98.9 cm³/mol. The van der Waals surface area contributed by atoms with Crippen LogP contribution in [-0.4, -0.2) is 25.0 Å². The fourth-order valence-electron chi connectivity index (χ4n) is 2.98. The molecule has 25 heavy (non-hydrogen) atoms. The molecule has 4 rings (SSSR count). The largest absolute Gasteiger partial charge is 0.267 e. The molecule has 0 fully saturated rings. The van der Waals surface area contributed by atoms with Crippen molar-refractivity contribution in [3.05, 3.63) is 66.0 Å². The van der Waals surface area contributed by atoms with Gasteiger partial charge in [0, 0.05) is 23.7 Å². The molecule has 0 aliphatic rings. The van der Waals surface area contributed by atoms with E-state index in [1.807, 2.05) is 30.8 Å². The van der Waals surface area contributed by atoms with E-state index in [1.165, 1.54) is 5.56 Å². The van der Waals surface area contributed by atoms with Crippen molar-refractivity contribution in [1.29, 1.82) is 0 Å². The second-order valence-electron chi connectivity index (χ2n) is 6.22. The van der Waals surface area contributed by atoms with E-state index in [0.717, 1.165) is 39.7 Å². The Kier molecular flexibility index (Phi) is 3.69. The zero-order valence-electron chi connectivity index (χ0n) is 14.5. The van der Waals surface area contributed by atoms with E-state index in [0.29, 0.717) is 0 Å². The van der Waals surface area contributed by atoms with E-state index in [-0.39, 0.29) is 0 Å². The third-order valence-electron chi connectivity index (χ3n) is 4.22. The van der Waals surface area contributed by atoms with Crippen LogP contribution in [0.3, 0.4) is 0 Å². The van der Waals surface area contributed by atoms with Crippen molar-refractivity contribution in [2.75, 3.05) is 0 Å². The number of rotatable bonds is 3. The zero-order valence-corrected chi connectivity index (χ0v) is 14.5. The predicted octanol–water partition coefficient (Wildman–Crippen LogP) is 4.16. The Morgan fingerprint density at radius 3 is 2.40 bits per heavy atom. The zero-order chi connectivity index (χ0) is 17.4. The first kappa shape index (κ1) is 15.3. The van der Waals surface area contributed by atoms with Crippen molar-refractivity contribution in [3.63, 3.8) is 0 Å². The van der Waals surface area contributed by atoms with Crippen LogP contribution >= 0.6 is 0 Å². The standard InChI is InChI=1S/C20H19N5/c1-13-6-4-7-15(10-13)18-12-19(25(3)24-18)16-8-5-9-17(11-16)20-21-14(2)22-23-20/h4-12H,1-3H3,(H,21,22,23). The summed E-state index contributed by atoms with van der Waals surface area (Å²) in [4.78, 5) is 4.41. The Morgan fingerprint density at radius 1 is 0.880 bits per heavy atom. The van der Waals surface area contributed by atoms with E-state index >= 15 is 0 Å². The van der Waals surface area contributed by atoms with Gasteiger partial charge in [-0.2, -0.15) is 10.2 Å². The van der Waals surface area contributed by atoms with Crippen molar-refractivity contribution in [2.45, 2.75) is 13.8 Å². The Labute approximate surface area is 146 Å². The Balaban J connectivity index is 1.75. The van der Waals surface area contributed by atoms with Crippen LogP contribution in [0.25, 0.3) is 33.9 Å². The van der Waals surface area contributed by atoms with E-state index in [2.05, 4.69) is 69.7 Å². The van der Waals surface area contributed by atoms with E-state index < -0.39 is 0 Å². The maximum absolute atomic E-state index is 4.69. The molecule has 0 spiro atoms. The van der Waals surface area contributed by atoms with Gasteiger partial charge in [0.1, 0.15) is 5.82 Å². The van der Waals surface area contributed by atoms with Crippen LogP contribution in [0.1, 0.15) is 11.4 Å². The first-order chi connectivity index (χ1) is 12.1. The minimum atomic E-state index is 0.739. The Hall–Kier alpha value is -3.21. The molecule has 5 nitrogen and oxygen atoms in total. The average Bonchev–Trinajstić information content (AvgIpc) is 3.21. The van der Waals surface area contributed by atoms with Crippen LogP contribution in [-0.2, 0) is 7.05 Å². The van der Waals surface area contributed by atoms with Gasteiger partial charge in [0.25, 0.3) is 0 Å². The molecule has 0 atom stereocenters. The summed E-state index contributed by atoms with van der Waals surface area (Å²) in [5.41, 5.74) is 6.50. The monoisotopic (exact) mass is 329 g/mol. The first-order valence-corrected chi connectivity index (χ1v) is 8.21. The molecular weight excluding hydrogens is 310 g/mol. The number of nitrogens with one attached hydrogen (secondary N) is 1. The van der Waals surface area contributed by atoms with Gasteiger partial charge in [0.15, 0.2) is 5.82 Å². The maximum atomic E-state index is 4.69. The molecule has 4 aromatic rings. The molecule has 0 saturated heterocycles. The van der Waals surface area contributed by atoms with Crippen LogP contribution in [0.2, 0.25) is 0 Å². The van der Waals surface area contributed by atoms with Gasteiger partial charge in [0.2, 0.25) is 0 Å². The number of aryl methyl sites for hydroxylation is 3. The lowest BCUT2D eigenvalue weighted by atomic mass is 10.1. The van der Waals surface area contributed by atoms with Crippen LogP contribution in [0.5, 0.6) is 0 Å².